The van der Waals surface area contributed by atoms with Crippen LogP contribution in [0.5, 0.6) is 0 Å². The van der Waals surface area contributed by atoms with Gasteiger partial charge < -0.3 is 5.32 Å². The van der Waals surface area contributed by atoms with Gasteiger partial charge in [0, 0.05) is 4.88 Å². The van der Waals surface area contributed by atoms with E-state index < -0.39 is 0 Å². The third-order valence-electron chi connectivity index (χ3n) is 2.30. The molecule has 3 aromatic rings. The number of anilines is 1. The van der Waals surface area contributed by atoms with Crippen LogP contribution in [0.4, 0.5) is 10.3 Å². The van der Waals surface area contributed by atoms with Crippen molar-refractivity contribution in [2.45, 2.75) is 6.54 Å². The standard InChI is InChI=1S/C11H9FN4S/c12-8-3-4-10-14-11(15-16(10)7-8)13-6-9-2-1-5-17-9/h1-5,7H,6H2,(H,13,15). The van der Waals surface area contributed by atoms with Gasteiger partial charge >= 0.3 is 0 Å². The number of hydrogen-bond acceptors (Lipinski definition) is 4. The van der Waals surface area contributed by atoms with E-state index in [-0.39, 0.29) is 5.82 Å². The average Bonchev–Trinajstić information content (AvgIpc) is 2.94. The van der Waals surface area contributed by atoms with Gasteiger partial charge in [-0.1, -0.05) is 6.07 Å². The summed E-state index contributed by atoms with van der Waals surface area (Å²) in [4.78, 5) is 5.44. The van der Waals surface area contributed by atoms with E-state index in [1.165, 1.54) is 21.7 Å². The Morgan fingerprint density at radius 3 is 3.12 bits per heavy atom. The second-order valence-corrected chi connectivity index (χ2v) is 4.55. The number of hydrogen-bond donors (Lipinski definition) is 1. The summed E-state index contributed by atoms with van der Waals surface area (Å²) in [7, 11) is 0. The van der Waals surface area contributed by atoms with Crippen molar-refractivity contribution in [2.24, 2.45) is 0 Å². The summed E-state index contributed by atoms with van der Waals surface area (Å²) in [5.74, 6) is 0.177. The van der Waals surface area contributed by atoms with Gasteiger partial charge in [-0.15, -0.1) is 16.4 Å². The van der Waals surface area contributed by atoms with Crippen molar-refractivity contribution in [3.05, 3.63) is 46.5 Å². The lowest BCUT2D eigenvalue weighted by Crippen LogP contribution is -1.99. The molecule has 0 atom stereocenters. The molecule has 0 radical (unpaired) electrons. The number of pyridine rings is 1. The van der Waals surface area contributed by atoms with Crippen molar-refractivity contribution in [2.75, 3.05) is 5.32 Å². The number of thiophene rings is 1. The molecular formula is C11H9FN4S. The van der Waals surface area contributed by atoms with E-state index >= 15 is 0 Å². The molecule has 3 heterocycles. The molecule has 0 aliphatic carbocycles. The highest BCUT2D eigenvalue weighted by molar-refractivity contribution is 7.09. The van der Waals surface area contributed by atoms with Crippen molar-refractivity contribution in [3.63, 3.8) is 0 Å². The third-order valence-corrected chi connectivity index (χ3v) is 3.17. The lowest BCUT2D eigenvalue weighted by molar-refractivity contribution is 0.615. The monoisotopic (exact) mass is 248 g/mol. The van der Waals surface area contributed by atoms with Crippen LogP contribution in [0.1, 0.15) is 4.88 Å². The summed E-state index contributed by atoms with van der Waals surface area (Å²) < 4.78 is 14.4. The molecule has 4 nitrogen and oxygen atoms in total. The molecule has 86 valence electrons. The van der Waals surface area contributed by atoms with Crippen LogP contribution in [0.15, 0.2) is 35.8 Å². The van der Waals surface area contributed by atoms with Gasteiger partial charge in [-0.25, -0.2) is 8.91 Å². The van der Waals surface area contributed by atoms with Gasteiger partial charge in [0.25, 0.3) is 0 Å². The van der Waals surface area contributed by atoms with Gasteiger partial charge in [-0.3, -0.25) is 0 Å². The van der Waals surface area contributed by atoms with Gasteiger partial charge in [0.05, 0.1) is 12.7 Å². The first-order chi connectivity index (χ1) is 8.31. The topological polar surface area (TPSA) is 42.2 Å². The molecule has 3 rings (SSSR count). The van der Waals surface area contributed by atoms with Crippen LogP contribution in [0.25, 0.3) is 5.65 Å². The minimum absolute atomic E-state index is 0.327. The maximum absolute atomic E-state index is 12.9. The number of nitrogens with one attached hydrogen (secondary N) is 1. The molecule has 0 amide bonds. The Morgan fingerprint density at radius 1 is 1.35 bits per heavy atom. The molecule has 6 heteroatoms. The minimum atomic E-state index is -0.327. The second-order valence-electron chi connectivity index (χ2n) is 3.52. The molecule has 0 spiro atoms. The Bertz CT molecular complexity index is 632. The zero-order valence-corrected chi connectivity index (χ0v) is 9.62. The van der Waals surface area contributed by atoms with Crippen LogP contribution in [0, 0.1) is 5.82 Å². The van der Waals surface area contributed by atoms with Crippen LogP contribution in [0.2, 0.25) is 0 Å². The SMILES string of the molecule is Fc1ccc2nc(NCc3cccs3)nn2c1. The predicted octanol–water partition coefficient (Wildman–Crippen LogP) is 2.54. The Labute approximate surface area is 101 Å². The van der Waals surface area contributed by atoms with E-state index in [1.54, 1.807) is 17.4 Å². The van der Waals surface area contributed by atoms with Crippen LogP contribution in [-0.4, -0.2) is 14.6 Å². The number of nitrogens with zero attached hydrogens (tertiary/aromatic N) is 3. The van der Waals surface area contributed by atoms with Crippen LogP contribution in [-0.2, 0) is 6.54 Å². The van der Waals surface area contributed by atoms with Crippen molar-refractivity contribution in [3.8, 4) is 0 Å². The van der Waals surface area contributed by atoms with Gasteiger partial charge in [-0.05, 0) is 23.6 Å². The van der Waals surface area contributed by atoms with Gasteiger partial charge in [0.1, 0.15) is 5.82 Å². The molecule has 0 saturated heterocycles. The fourth-order valence-electron chi connectivity index (χ4n) is 1.51. The summed E-state index contributed by atoms with van der Waals surface area (Å²) in [5.41, 5.74) is 0.625. The Balaban J connectivity index is 1.81. The maximum Gasteiger partial charge on any atom is 0.243 e. The first-order valence-electron chi connectivity index (χ1n) is 5.09. The van der Waals surface area contributed by atoms with E-state index in [4.69, 9.17) is 0 Å². The van der Waals surface area contributed by atoms with Gasteiger partial charge in [0.15, 0.2) is 5.65 Å². The van der Waals surface area contributed by atoms with E-state index in [2.05, 4.69) is 15.4 Å². The largest absolute Gasteiger partial charge is 0.348 e. The van der Waals surface area contributed by atoms with Gasteiger partial charge in [-0.2, -0.15) is 4.98 Å². The van der Waals surface area contributed by atoms with Crippen molar-refractivity contribution in [1.82, 2.24) is 14.6 Å². The summed E-state index contributed by atoms with van der Waals surface area (Å²) in [6.45, 7) is 0.678. The Hall–Kier alpha value is -1.95. The molecule has 0 unspecified atom stereocenters. The van der Waals surface area contributed by atoms with E-state index in [1.807, 2.05) is 17.5 Å². The third kappa shape index (κ3) is 2.12. The first-order valence-corrected chi connectivity index (χ1v) is 5.97. The Morgan fingerprint density at radius 2 is 2.29 bits per heavy atom. The van der Waals surface area contributed by atoms with Gasteiger partial charge in [0.2, 0.25) is 5.95 Å². The summed E-state index contributed by atoms with van der Waals surface area (Å²) >= 11 is 1.67. The maximum atomic E-state index is 12.9. The lowest BCUT2D eigenvalue weighted by atomic mass is 10.5. The average molecular weight is 248 g/mol. The highest BCUT2D eigenvalue weighted by Gasteiger charge is 2.03. The molecule has 0 aliphatic heterocycles. The number of rotatable bonds is 3. The molecule has 0 saturated carbocycles. The predicted molar refractivity (Wildman–Crippen MR) is 64.6 cm³/mol. The van der Waals surface area contributed by atoms with E-state index in [9.17, 15) is 4.39 Å². The smallest absolute Gasteiger partial charge is 0.243 e. The second kappa shape index (κ2) is 4.14. The summed E-state index contributed by atoms with van der Waals surface area (Å²) in [5, 5.41) is 9.25. The zero-order valence-electron chi connectivity index (χ0n) is 8.80. The molecule has 17 heavy (non-hydrogen) atoms. The molecule has 0 aromatic carbocycles. The molecule has 0 aliphatic rings. The highest BCUT2D eigenvalue weighted by Crippen LogP contribution is 2.11. The molecule has 1 N–H and O–H groups in total. The quantitative estimate of drug-likeness (QED) is 0.774. The van der Waals surface area contributed by atoms with E-state index in [0.29, 0.717) is 18.1 Å². The highest BCUT2D eigenvalue weighted by atomic mass is 32.1. The van der Waals surface area contributed by atoms with Crippen molar-refractivity contribution < 1.29 is 4.39 Å². The molecule has 0 fully saturated rings. The Kier molecular flexibility index (Phi) is 2.49. The fourth-order valence-corrected chi connectivity index (χ4v) is 2.16. The molecule has 3 aromatic heterocycles. The number of fused-ring (bicyclic) bond motifs is 1. The zero-order chi connectivity index (χ0) is 11.7. The van der Waals surface area contributed by atoms with Crippen LogP contribution >= 0.6 is 11.3 Å². The number of aromatic nitrogens is 3. The van der Waals surface area contributed by atoms with E-state index in [0.717, 1.165) is 0 Å². The lowest BCUT2D eigenvalue weighted by Gasteiger charge is -1.96. The number of halogens is 1. The van der Waals surface area contributed by atoms with Crippen molar-refractivity contribution in [1.29, 1.82) is 0 Å². The minimum Gasteiger partial charge on any atom is -0.348 e. The summed E-state index contributed by atoms with van der Waals surface area (Å²) in [6.07, 6.45) is 1.30. The van der Waals surface area contributed by atoms with Crippen molar-refractivity contribution >= 4 is 22.9 Å². The fraction of sp³-hybridized carbons (Fsp3) is 0.0909. The van der Waals surface area contributed by atoms with Crippen LogP contribution in [0.3, 0.4) is 0 Å². The van der Waals surface area contributed by atoms with Crippen LogP contribution < -0.4 is 5.32 Å². The first kappa shape index (κ1) is 10.2. The normalized spacial score (nSPS) is 10.9. The summed E-state index contributed by atoms with van der Waals surface area (Å²) in [6, 6.07) is 6.99. The molecular weight excluding hydrogens is 239 g/mol. The molecule has 0 bridgehead atoms.